The Morgan fingerprint density at radius 3 is 0.763 bits per heavy atom. The predicted molar refractivity (Wildman–Crippen MR) is 436 cm³/mol. The molecule has 2 aromatic carbocycles. The van der Waals surface area contributed by atoms with Crippen LogP contribution in [0, 0.1) is 47.3 Å². The van der Waals surface area contributed by atoms with Gasteiger partial charge in [0.05, 0.1) is 0 Å². The van der Waals surface area contributed by atoms with Crippen molar-refractivity contribution in [3.05, 3.63) is 71.8 Å². The van der Waals surface area contributed by atoms with Gasteiger partial charge in [0.2, 0.25) is 82.7 Å². The number of nitrogens with zero attached hydrogens (tertiary/aromatic N) is 2. The van der Waals surface area contributed by atoms with Crippen LogP contribution >= 0.6 is 0 Å². The number of rotatable bonds is 24. The van der Waals surface area contributed by atoms with Gasteiger partial charge in [-0.1, -0.05) is 171 Å². The average molecular weight is 1590 g/mol. The number of carbonyl (C=O) groups is 14. The number of benzene rings is 2. The largest absolute Gasteiger partial charge is 0.343 e. The van der Waals surface area contributed by atoms with Crippen molar-refractivity contribution >= 4 is 82.7 Å². The van der Waals surface area contributed by atoms with Crippen LogP contribution in [0.5, 0.6) is 0 Å². The summed E-state index contributed by atoms with van der Waals surface area (Å²) in [5.74, 6) is -12.3. The number of hydrogen-bond acceptors (Lipinski definition) is 16. The smallest absolute Gasteiger partial charge is 0.246 e. The second-order valence-electron chi connectivity index (χ2n) is 34.5. The molecule has 0 radical (unpaired) electrons. The fourth-order valence-corrected chi connectivity index (χ4v) is 14.8. The Kier molecular flexibility index (Phi) is 39.5. The van der Waals surface area contributed by atoms with Gasteiger partial charge in [-0.15, -0.1) is 0 Å². The van der Waals surface area contributed by atoms with Crippen LogP contribution in [0.15, 0.2) is 60.7 Å². The van der Waals surface area contributed by atoms with Crippen molar-refractivity contribution in [1.29, 1.82) is 0 Å². The third kappa shape index (κ3) is 30.6. The summed E-state index contributed by atoms with van der Waals surface area (Å²) in [6.45, 7) is 29.4. The molecule has 0 aliphatic carbocycles. The topological polar surface area (TPSA) is 442 Å². The van der Waals surface area contributed by atoms with E-state index in [9.17, 15) is 57.5 Å². The maximum absolute atomic E-state index is 15.2. The van der Waals surface area contributed by atoms with E-state index in [1.165, 1.54) is 9.80 Å². The van der Waals surface area contributed by atoms with Gasteiger partial charge in [-0.05, 0) is 161 Å². The van der Waals surface area contributed by atoms with Gasteiger partial charge < -0.3 is 85.1 Å². The van der Waals surface area contributed by atoms with Crippen LogP contribution in [0.2, 0.25) is 0 Å². The molecular formula is C84H136N16O14. The molecule has 30 nitrogen and oxygen atoms in total. The quantitative estimate of drug-likeness (QED) is 0.0716. The first-order valence-electron chi connectivity index (χ1n) is 41.6. The lowest BCUT2D eigenvalue weighted by Gasteiger charge is -2.32. The van der Waals surface area contributed by atoms with Crippen molar-refractivity contribution in [1.82, 2.24) is 73.6 Å². The third-order valence-electron chi connectivity index (χ3n) is 20.7. The highest BCUT2D eigenvalue weighted by atomic mass is 16.2. The first kappa shape index (κ1) is 95.5. The van der Waals surface area contributed by atoms with Gasteiger partial charge in [-0.3, -0.25) is 67.1 Å². The van der Waals surface area contributed by atoms with Crippen LogP contribution in [0.3, 0.4) is 0 Å². The van der Waals surface area contributed by atoms with Gasteiger partial charge in [0.15, 0.2) is 0 Å². The van der Waals surface area contributed by atoms with Crippen LogP contribution < -0.4 is 75.3 Å². The lowest BCUT2D eigenvalue weighted by atomic mass is 9.97. The molecule has 0 saturated carbocycles. The molecule has 2 aromatic rings. The van der Waals surface area contributed by atoms with Crippen LogP contribution in [-0.2, 0) is 80.0 Å². The van der Waals surface area contributed by atoms with Gasteiger partial charge in [0, 0.05) is 25.9 Å². The fourth-order valence-electron chi connectivity index (χ4n) is 14.8. The van der Waals surface area contributed by atoms with Crippen LogP contribution in [0.4, 0.5) is 0 Å². The number of nitrogens with one attached hydrogen (secondary N) is 12. The highest BCUT2D eigenvalue weighted by Gasteiger charge is 2.45. The third-order valence-corrected chi connectivity index (χ3v) is 20.7. The van der Waals surface area contributed by atoms with Crippen molar-refractivity contribution in [3.8, 4) is 0 Å². The summed E-state index contributed by atoms with van der Waals surface area (Å²) in [5, 5.41) is 34.4. The molecule has 0 spiro atoms. The monoisotopic (exact) mass is 1590 g/mol. The molecule has 3 aliphatic heterocycles. The highest BCUT2D eigenvalue weighted by molar-refractivity contribution is 6.01. The zero-order valence-corrected chi connectivity index (χ0v) is 70.4. The Morgan fingerprint density at radius 2 is 0.526 bits per heavy atom. The molecule has 0 unspecified atom stereocenters. The Balaban J connectivity index is 1.63. The van der Waals surface area contributed by atoms with E-state index in [2.05, 4.69) is 63.8 Å². The molecule has 5 rings (SSSR count). The van der Waals surface area contributed by atoms with Crippen LogP contribution in [-0.4, -0.2) is 203 Å². The molecule has 0 bridgehead atoms. The van der Waals surface area contributed by atoms with E-state index in [0.29, 0.717) is 24.0 Å². The normalized spacial score (nSPS) is 26.4. The molecule has 114 heavy (non-hydrogen) atoms. The molecule has 14 amide bonds. The van der Waals surface area contributed by atoms with E-state index < -0.39 is 179 Å². The van der Waals surface area contributed by atoms with Crippen molar-refractivity contribution in [2.45, 2.75) is 298 Å². The second kappa shape index (κ2) is 47.1. The Hall–Kier alpha value is -9.06. The molecule has 0 aromatic heterocycles. The predicted octanol–water partition coefficient (Wildman–Crippen LogP) is 3.35. The number of carbonyl (C=O) groups excluding carboxylic acids is 14. The summed E-state index contributed by atoms with van der Waals surface area (Å²) >= 11 is 0. The number of fused-ring (bicyclic) bond motifs is 2. The minimum Gasteiger partial charge on any atom is -0.343 e. The van der Waals surface area contributed by atoms with Gasteiger partial charge in [0.25, 0.3) is 0 Å². The standard InChI is InChI=1S/C84H136N16O14/c1-47(2)39-59-73(103)87-57(31-23-35-85)71(101)89-61(41-49(5)6)77(107)95-65(45-55-27-19-17-20-28-55)83(113)100-38-26-34-68(100)80(110)98-70(54(15)16)82(112)94-64(44-52(11)12)76(106)92-60(40-48(3)4)74(104)88-58(32-24-36-86)72(102)90-62(42-50(7)8)78(108)96-66(46-56-29-21-18-22-30-56)84(114)99-37-25-33-67(99)79(109)97-69(53(13)14)81(111)93-63(43-51(9)10)75(105)91-59/h17-22,27-30,47-54,57-70H,23-26,31-46,85-86H2,1-16H3,(H,87,103)(H,88,104)(H,89,101)(H,90,102)(H,91,105)(H,92,106)(H,93,111)(H,94,112)(H,95,107)(H,96,108)(H,97,109)(H,98,110)/t57-,58-,59-,60-,61-,62-,63-,64-,65+,66+,67-,68-,69-,70-/m0/s1. The Bertz CT molecular complexity index is 3300. The van der Waals surface area contributed by atoms with E-state index in [0.717, 1.165) is 0 Å². The molecule has 3 fully saturated rings. The summed E-state index contributed by atoms with van der Waals surface area (Å²) in [6, 6.07) is 0.213. The Morgan fingerprint density at radius 1 is 0.298 bits per heavy atom. The average Bonchev–Trinajstić information content (AvgIpc) is 1.58. The minimum atomic E-state index is -1.30. The van der Waals surface area contributed by atoms with E-state index >= 15 is 9.59 Å². The maximum Gasteiger partial charge on any atom is 0.246 e. The van der Waals surface area contributed by atoms with Crippen LogP contribution in [0.25, 0.3) is 0 Å². The highest BCUT2D eigenvalue weighted by Crippen LogP contribution is 2.25. The van der Waals surface area contributed by atoms with Crippen molar-refractivity contribution in [2.75, 3.05) is 26.2 Å². The maximum atomic E-state index is 15.2. The second-order valence-corrected chi connectivity index (χ2v) is 34.5. The summed E-state index contributed by atoms with van der Waals surface area (Å²) in [6.07, 6.45) is 2.03. The van der Waals surface area contributed by atoms with Gasteiger partial charge in [-0.25, -0.2) is 0 Å². The molecule has 16 N–H and O–H groups in total. The zero-order valence-electron chi connectivity index (χ0n) is 70.4. The molecular weight excluding hydrogens is 1460 g/mol. The van der Waals surface area contributed by atoms with E-state index in [4.69, 9.17) is 11.5 Å². The fraction of sp³-hybridized carbons (Fsp3) is 0.690. The molecule has 636 valence electrons. The number of hydrogen-bond donors (Lipinski definition) is 14. The molecule has 14 atom stereocenters. The number of nitrogens with two attached hydrogens (primary N) is 2. The summed E-state index contributed by atoms with van der Waals surface area (Å²) in [7, 11) is 0. The molecule has 3 saturated heterocycles. The molecule has 30 heteroatoms. The first-order valence-corrected chi connectivity index (χ1v) is 41.6. The van der Waals surface area contributed by atoms with Gasteiger partial charge in [0.1, 0.15) is 84.6 Å². The van der Waals surface area contributed by atoms with E-state index in [1.807, 2.05) is 83.1 Å². The van der Waals surface area contributed by atoms with Crippen molar-refractivity contribution < 1.29 is 67.1 Å². The minimum absolute atomic E-state index is 0.00859. The summed E-state index contributed by atoms with van der Waals surface area (Å²) in [4.78, 5) is 211. The van der Waals surface area contributed by atoms with E-state index in [1.54, 1.807) is 88.4 Å². The zero-order chi connectivity index (χ0) is 84.8. The van der Waals surface area contributed by atoms with E-state index in [-0.39, 0.29) is 152 Å². The summed E-state index contributed by atoms with van der Waals surface area (Å²) < 4.78 is 0. The van der Waals surface area contributed by atoms with Gasteiger partial charge >= 0.3 is 0 Å². The van der Waals surface area contributed by atoms with Gasteiger partial charge in [-0.2, -0.15) is 0 Å². The summed E-state index contributed by atoms with van der Waals surface area (Å²) in [5.41, 5.74) is 13.4. The molecule has 3 heterocycles. The SMILES string of the molecule is CC(C)C[C@@H]1NC(=O)[C@H](CC(C)C)NC(=O)[C@H](C(C)C)NC(=O)[C@@H]2CCCN2C(=O)[C@@H](Cc2ccccc2)NC(=O)[C@H](CC(C)C)NC(=O)[C@H](CCCN)NC(=O)[C@H](CC(C)C)NC(=O)[C@H](CC(C)C)NC(=O)[C@H](C(C)C)NC(=O)[C@@H]2CCCN2C(=O)[C@@H](Cc2ccccc2)NC(=O)[C@H](CC(C)C)NC(=O)[C@H](CCCN)NC1=O. The van der Waals surface area contributed by atoms with Crippen molar-refractivity contribution in [3.63, 3.8) is 0 Å². The van der Waals surface area contributed by atoms with Crippen LogP contribution in [0.1, 0.15) is 212 Å². The lowest BCUT2D eigenvalue weighted by Crippen LogP contribution is -2.62. The number of amides is 14. The molecule has 3 aliphatic rings. The van der Waals surface area contributed by atoms with Crippen molar-refractivity contribution in [2.24, 2.45) is 58.8 Å². The lowest BCUT2D eigenvalue weighted by molar-refractivity contribution is -0.143. The first-order chi connectivity index (χ1) is 53.8. The Labute approximate surface area is 675 Å².